The third-order valence-electron chi connectivity index (χ3n) is 4.91. The maximum absolute atomic E-state index is 12.1. The van der Waals surface area contributed by atoms with Crippen LogP contribution in [0.15, 0.2) is 46.0 Å². The molecule has 5 nitrogen and oxygen atoms in total. The first-order valence-corrected chi connectivity index (χ1v) is 11.1. The second-order valence-electron chi connectivity index (χ2n) is 7.13. The van der Waals surface area contributed by atoms with Crippen molar-refractivity contribution in [2.75, 3.05) is 6.61 Å². The third-order valence-corrected chi connectivity index (χ3v) is 6.44. The highest BCUT2D eigenvalue weighted by molar-refractivity contribution is 9.10. The molecule has 0 radical (unpaired) electrons. The molecule has 0 aliphatic carbocycles. The van der Waals surface area contributed by atoms with Gasteiger partial charge in [0.15, 0.2) is 6.61 Å². The van der Waals surface area contributed by atoms with Gasteiger partial charge in [-0.1, -0.05) is 41.4 Å². The van der Waals surface area contributed by atoms with Gasteiger partial charge >= 0.3 is 0 Å². The Balaban J connectivity index is 1.73. The summed E-state index contributed by atoms with van der Waals surface area (Å²) < 4.78 is 8.55. The van der Waals surface area contributed by atoms with Gasteiger partial charge in [-0.15, -0.1) is 0 Å². The van der Waals surface area contributed by atoms with Gasteiger partial charge in [-0.2, -0.15) is 5.10 Å². The largest absolute Gasteiger partial charge is 0.482 e. The zero-order valence-corrected chi connectivity index (χ0v) is 20.7. The van der Waals surface area contributed by atoms with Gasteiger partial charge in [0, 0.05) is 26.4 Å². The van der Waals surface area contributed by atoms with Crippen molar-refractivity contribution >= 4 is 51.3 Å². The van der Waals surface area contributed by atoms with Crippen molar-refractivity contribution in [3.63, 3.8) is 0 Å². The van der Waals surface area contributed by atoms with Crippen molar-refractivity contribution in [3.05, 3.63) is 79.0 Å². The summed E-state index contributed by atoms with van der Waals surface area (Å²) in [6, 6.07) is 11.0. The molecule has 0 saturated heterocycles. The number of hydrogen-bond donors (Lipinski definition) is 1. The molecule has 0 unspecified atom stereocenters. The van der Waals surface area contributed by atoms with Crippen LogP contribution < -0.4 is 10.2 Å². The van der Waals surface area contributed by atoms with Crippen molar-refractivity contribution in [2.24, 2.45) is 5.10 Å². The monoisotopic (exact) mass is 521 g/mol. The lowest BCUT2D eigenvalue weighted by atomic mass is 10.1. The fourth-order valence-corrected chi connectivity index (χ4v) is 4.43. The summed E-state index contributed by atoms with van der Waals surface area (Å²) in [5, 5.41) is 4.94. The lowest BCUT2D eigenvalue weighted by Crippen LogP contribution is -2.24. The number of amides is 1. The minimum Gasteiger partial charge on any atom is -0.482 e. The Morgan fingerprint density at radius 1 is 1.13 bits per heavy atom. The molecule has 31 heavy (non-hydrogen) atoms. The first-order chi connectivity index (χ1) is 14.7. The fourth-order valence-electron chi connectivity index (χ4n) is 3.40. The van der Waals surface area contributed by atoms with Gasteiger partial charge in [0.05, 0.1) is 16.9 Å². The van der Waals surface area contributed by atoms with Crippen LogP contribution in [-0.4, -0.2) is 23.3 Å². The van der Waals surface area contributed by atoms with Crippen molar-refractivity contribution in [1.82, 2.24) is 9.99 Å². The van der Waals surface area contributed by atoms with Crippen LogP contribution in [0.1, 0.15) is 28.1 Å². The molecule has 0 atom stereocenters. The Kier molecular flexibility index (Phi) is 7.46. The summed E-state index contributed by atoms with van der Waals surface area (Å²) in [4.78, 5) is 12.1. The van der Waals surface area contributed by atoms with Crippen molar-refractivity contribution in [2.45, 2.75) is 27.7 Å². The average Bonchev–Trinajstić information content (AvgIpc) is 2.91. The molecule has 1 N–H and O–H groups in total. The second-order valence-corrected chi connectivity index (χ2v) is 8.77. The Morgan fingerprint density at radius 3 is 2.45 bits per heavy atom. The average molecular weight is 523 g/mol. The lowest BCUT2D eigenvalue weighted by Gasteiger charge is -2.15. The smallest absolute Gasteiger partial charge is 0.277 e. The highest BCUT2D eigenvalue weighted by Crippen LogP contribution is 2.32. The van der Waals surface area contributed by atoms with Gasteiger partial charge in [0.25, 0.3) is 5.91 Å². The van der Waals surface area contributed by atoms with Crippen molar-refractivity contribution < 1.29 is 9.53 Å². The quantitative estimate of drug-likeness (QED) is 0.304. The Morgan fingerprint density at radius 2 is 1.81 bits per heavy atom. The van der Waals surface area contributed by atoms with E-state index in [1.54, 1.807) is 24.4 Å². The number of aromatic nitrogens is 1. The number of carbonyl (C=O) groups excluding carboxylic acids is 1. The summed E-state index contributed by atoms with van der Waals surface area (Å²) >= 11 is 15.6. The van der Waals surface area contributed by atoms with Crippen LogP contribution in [0.4, 0.5) is 0 Å². The molecule has 0 saturated carbocycles. The molecule has 3 rings (SSSR count). The SMILES string of the molecule is Cc1cccc(C)c1-n1c(C)c(Br)c(/C=N\NC(=O)COc2ccc(Cl)cc2Cl)c1C. The highest BCUT2D eigenvalue weighted by atomic mass is 79.9. The van der Waals surface area contributed by atoms with Crippen LogP contribution in [0.2, 0.25) is 10.0 Å². The lowest BCUT2D eigenvalue weighted by molar-refractivity contribution is -0.123. The number of halogens is 3. The zero-order chi connectivity index (χ0) is 22.7. The first-order valence-electron chi connectivity index (χ1n) is 9.54. The van der Waals surface area contributed by atoms with E-state index in [9.17, 15) is 4.79 Å². The first kappa shape index (κ1) is 23.4. The number of carbonyl (C=O) groups is 1. The number of ether oxygens (including phenoxy) is 1. The van der Waals surface area contributed by atoms with Gasteiger partial charge < -0.3 is 9.30 Å². The number of nitrogens with one attached hydrogen (secondary N) is 1. The molecule has 0 aliphatic rings. The second kappa shape index (κ2) is 9.90. The van der Waals surface area contributed by atoms with Gasteiger partial charge in [0.2, 0.25) is 0 Å². The van der Waals surface area contributed by atoms with Crippen molar-refractivity contribution in [1.29, 1.82) is 0 Å². The molecule has 0 spiro atoms. The molecule has 162 valence electrons. The molecule has 2 aromatic carbocycles. The normalized spacial score (nSPS) is 11.2. The van der Waals surface area contributed by atoms with Gasteiger partial charge in [-0.3, -0.25) is 4.79 Å². The van der Waals surface area contributed by atoms with E-state index >= 15 is 0 Å². The van der Waals surface area contributed by atoms with Crippen LogP contribution in [-0.2, 0) is 4.79 Å². The van der Waals surface area contributed by atoms with Crippen LogP contribution in [0, 0.1) is 27.7 Å². The van der Waals surface area contributed by atoms with Crippen LogP contribution in [0.25, 0.3) is 5.69 Å². The standard InChI is InChI=1S/C23H22BrCl2N3O2/c1-13-6-5-7-14(2)23(13)29-15(3)18(22(24)16(29)4)11-27-28-21(30)12-31-20-9-8-17(25)10-19(20)26/h5-11H,12H2,1-4H3,(H,28,30)/b27-11-. The maximum Gasteiger partial charge on any atom is 0.277 e. The Bertz CT molecular complexity index is 1150. The van der Waals surface area contributed by atoms with E-state index in [0.29, 0.717) is 15.8 Å². The van der Waals surface area contributed by atoms with Gasteiger partial charge in [0.1, 0.15) is 5.75 Å². The highest BCUT2D eigenvalue weighted by Gasteiger charge is 2.18. The number of nitrogens with zero attached hydrogens (tertiary/aromatic N) is 2. The maximum atomic E-state index is 12.1. The predicted molar refractivity (Wildman–Crippen MR) is 130 cm³/mol. The summed E-state index contributed by atoms with van der Waals surface area (Å²) in [7, 11) is 0. The molecular formula is C23H22BrCl2N3O2. The van der Waals surface area contributed by atoms with Crippen LogP contribution >= 0.6 is 39.1 Å². The third kappa shape index (κ3) is 5.14. The predicted octanol–water partition coefficient (Wildman–Crippen LogP) is 6.31. The molecule has 1 heterocycles. The summed E-state index contributed by atoms with van der Waals surface area (Å²) in [6.07, 6.45) is 1.63. The van der Waals surface area contributed by atoms with E-state index in [-0.39, 0.29) is 6.61 Å². The van der Waals surface area contributed by atoms with E-state index in [2.05, 4.69) is 63.1 Å². The number of para-hydroxylation sites is 1. The van der Waals surface area contributed by atoms with Crippen LogP contribution in [0.3, 0.4) is 0 Å². The fraction of sp³-hybridized carbons (Fsp3) is 0.217. The number of hydrogen-bond acceptors (Lipinski definition) is 3. The molecule has 0 bridgehead atoms. The number of benzene rings is 2. The van der Waals surface area contributed by atoms with Gasteiger partial charge in [-0.05, 0) is 73.0 Å². The molecule has 1 aromatic heterocycles. The van der Waals surface area contributed by atoms with E-state index in [4.69, 9.17) is 27.9 Å². The number of hydrazone groups is 1. The van der Waals surface area contributed by atoms with E-state index < -0.39 is 5.91 Å². The molecule has 8 heteroatoms. The molecule has 3 aromatic rings. The van der Waals surface area contributed by atoms with Crippen molar-refractivity contribution in [3.8, 4) is 11.4 Å². The summed E-state index contributed by atoms with van der Waals surface area (Å²) in [5.74, 6) is -0.0213. The summed E-state index contributed by atoms with van der Waals surface area (Å²) in [6.45, 7) is 8.04. The number of aryl methyl sites for hydroxylation is 2. The van der Waals surface area contributed by atoms with E-state index in [1.807, 2.05) is 13.8 Å². The zero-order valence-electron chi connectivity index (χ0n) is 17.6. The summed E-state index contributed by atoms with van der Waals surface area (Å²) in [5.41, 5.74) is 8.97. The van der Waals surface area contributed by atoms with Crippen LogP contribution in [0.5, 0.6) is 5.75 Å². The molecular weight excluding hydrogens is 501 g/mol. The van der Waals surface area contributed by atoms with E-state index in [1.165, 1.54) is 11.1 Å². The topological polar surface area (TPSA) is 55.6 Å². The van der Waals surface area contributed by atoms with E-state index in [0.717, 1.165) is 27.1 Å². The molecule has 0 fully saturated rings. The van der Waals surface area contributed by atoms with Gasteiger partial charge in [-0.25, -0.2) is 5.43 Å². The Hall–Kier alpha value is -2.28. The minimum absolute atomic E-state index is 0.221. The molecule has 1 amide bonds. The minimum atomic E-state index is -0.401. The number of rotatable bonds is 6. The Labute approximate surface area is 200 Å². The molecule has 0 aliphatic heterocycles.